The van der Waals surface area contributed by atoms with E-state index in [0.29, 0.717) is 58.1 Å². The highest BCUT2D eigenvalue weighted by atomic mass is 16.6. The van der Waals surface area contributed by atoms with Crippen molar-refractivity contribution in [1.82, 2.24) is 15.5 Å². The van der Waals surface area contributed by atoms with Gasteiger partial charge in [0.1, 0.15) is 17.4 Å². The molecule has 4 rings (SSSR count). The number of amides is 4. The predicted octanol–water partition coefficient (Wildman–Crippen LogP) is 5.12. The van der Waals surface area contributed by atoms with Crippen molar-refractivity contribution in [3.8, 4) is 5.75 Å². The molecule has 48 heavy (non-hydrogen) atoms. The number of nitrogens with one attached hydrogen (secondary N) is 3. The first-order valence-electron chi connectivity index (χ1n) is 16.9. The minimum atomic E-state index is -0.614. The molecule has 0 aromatic heterocycles. The third-order valence-corrected chi connectivity index (χ3v) is 8.01. The summed E-state index contributed by atoms with van der Waals surface area (Å²) in [5.74, 6) is -0.0950. The molecule has 2 heterocycles. The first-order valence-corrected chi connectivity index (χ1v) is 16.9. The maximum Gasteiger partial charge on any atom is 0.408 e. The zero-order valence-corrected chi connectivity index (χ0v) is 28.6. The molecule has 2 atom stereocenters. The standard InChI is InChI=1S/C36H50N4O8/c1-25(38-35(44)48-36(2,3)4)26-10-9-11-29(23-26)47-18-8-6-5-7-17-45-20-21-46-19-16-37-28-12-13-30-27(22-28)24-40(34(30)43)31-14-15-32(41)39-33(31)42/h9-13,22-23,25,31,37H,5-8,14-21,24H2,1-4H3,(H,38,44)(H,39,41,42). The Morgan fingerprint density at radius 3 is 2.46 bits per heavy atom. The van der Waals surface area contributed by atoms with Crippen molar-refractivity contribution < 1.29 is 38.1 Å². The largest absolute Gasteiger partial charge is 0.494 e. The minimum absolute atomic E-state index is 0.177. The first-order chi connectivity index (χ1) is 23.0. The Kier molecular flexibility index (Phi) is 13.6. The summed E-state index contributed by atoms with van der Waals surface area (Å²) in [5, 5.41) is 8.50. The van der Waals surface area contributed by atoms with E-state index in [9.17, 15) is 19.2 Å². The number of rotatable bonds is 18. The average molecular weight is 667 g/mol. The molecule has 0 aliphatic carbocycles. The number of anilines is 1. The number of benzene rings is 2. The molecule has 4 amide bonds. The molecule has 0 spiro atoms. The van der Waals surface area contributed by atoms with Gasteiger partial charge in [0.15, 0.2) is 0 Å². The molecule has 2 aromatic rings. The third-order valence-electron chi connectivity index (χ3n) is 8.01. The zero-order chi connectivity index (χ0) is 34.5. The van der Waals surface area contributed by atoms with Gasteiger partial charge in [0.25, 0.3) is 5.91 Å². The maximum atomic E-state index is 12.8. The van der Waals surface area contributed by atoms with Crippen molar-refractivity contribution in [3.05, 3.63) is 59.2 Å². The topological polar surface area (TPSA) is 145 Å². The molecule has 262 valence electrons. The lowest BCUT2D eigenvalue weighted by molar-refractivity contribution is -0.136. The van der Waals surface area contributed by atoms with Gasteiger partial charge in [-0.1, -0.05) is 18.6 Å². The van der Waals surface area contributed by atoms with Crippen molar-refractivity contribution in [2.75, 3.05) is 44.9 Å². The van der Waals surface area contributed by atoms with Crippen molar-refractivity contribution >= 4 is 29.5 Å². The molecule has 2 aliphatic rings. The fraction of sp³-hybridized carbons (Fsp3) is 0.556. The number of unbranched alkanes of at least 4 members (excludes halogenated alkanes) is 3. The highest BCUT2D eigenvalue weighted by Gasteiger charge is 2.39. The number of hydrogen-bond donors (Lipinski definition) is 3. The van der Waals surface area contributed by atoms with Crippen LogP contribution in [-0.4, -0.2) is 79.9 Å². The van der Waals surface area contributed by atoms with E-state index in [1.54, 1.807) is 11.0 Å². The monoisotopic (exact) mass is 666 g/mol. The number of fused-ring (bicyclic) bond motifs is 1. The summed E-state index contributed by atoms with van der Waals surface area (Å²) >= 11 is 0. The van der Waals surface area contributed by atoms with Crippen molar-refractivity contribution in [2.24, 2.45) is 0 Å². The van der Waals surface area contributed by atoms with E-state index in [1.165, 1.54) is 0 Å². The molecule has 2 aromatic carbocycles. The van der Waals surface area contributed by atoms with Gasteiger partial charge in [-0.2, -0.15) is 0 Å². The van der Waals surface area contributed by atoms with Crippen LogP contribution in [0.15, 0.2) is 42.5 Å². The Bertz CT molecular complexity index is 1410. The highest BCUT2D eigenvalue weighted by Crippen LogP contribution is 2.29. The summed E-state index contributed by atoms with van der Waals surface area (Å²) in [6, 6.07) is 12.5. The molecule has 3 N–H and O–H groups in total. The fourth-order valence-corrected chi connectivity index (χ4v) is 5.57. The van der Waals surface area contributed by atoms with E-state index in [1.807, 2.05) is 64.1 Å². The van der Waals surface area contributed by atoms with Gasteiger partial charge in [0.05, 0.1) is 32.5 Å². The average Bonchev–Trinajstić information content (AvgIpc) is 3.35. The van der Waals surface area contributed by atoms with Crippen LogP contribution in [0.3, 0.4) is 0 Å². The van der Waals surface area contributed by atoms with E-state index in [0.717, 1.165) is 48.2 Å². The van der Waals surface area contributed by atoms with Gasteiger partial charge in [-0.05, 0) is 94.8 Å². The predicted molar refractivity (Wildman–Crippen MR) is 181 cm³/mol. The molecule has 1 fully saturated rings. The maximum absolute atomic E-state index is 12.8. The van der Waals surface area contributed by atoms with Crippen LogP contribution in [0.5, 0.6) is 5.75 Å². The van der Waals surface area contributed by atoms with Crippen LogP contribution in [0, 0.1) is 0 Å². The second-order valence-corrected chi connectivity index (χ2v) is 13.1. The lowest BCUT2D eigenvalue weighted by Gasteiger charge is -2.29. The normalized spacial score (nSPS) is 16.7. The molecule has 1 saturated heterocycles. The van der Waals surface area contributed by atoms with Crippen LogP contribution >= 0.6 is 0 Å². The Hall–Kier alpha value is -4.16. The number of hydrogen-bond acceptors (Lipinski definition) is 9. The van der Waals surface area contributed by atoms with Crippen LogP contribution in [0.2, 0.25) is 0 Å². The third kappa shape index (κ3) is 11.5. The molecule has 2 aliphatic heterocycles. The summed E-state index contributed by atoms with van der Waals surface area (Å²) in [7, 11) is 0. The lowest BCUT2D eigenvalue weighted by atomic mass is 10.0. The van der Waals surface area contributed by atoms with Gasteiger partial charge < -0.3 is 34.5 Å². The molecule has 12 nitrogen and oxygen atoms in total. The van der Waals surface area contributed by atoms with E-state index < -0.39 is 23.6 Å². The van der Waals surface area contributed by atoms with E-state index in [2.05, 4.69) is 16.0 Å². The number of piperidine rings is 1. The van der Waals surface area contributed by atoms with Crippen LogP contribution in [0.4, 0.5) is 10.5 Å². The number of nitrogens with zero attached hydrogens (tertiary/aromatic N) is 1. The quantitative estimate of drug-likeness (QED) is 0.146. The lowest BCUT2D eigenvalue weighted by Crippen LogP contribution is -2.52. The Labute approximate surface area is 283 Å². The SMILES string of the molecule is CC(NC(=O)OC(C)(C)C)c1cccc(OCCCCCCOCCOCCNc2ccc3c(c2)CN(C2CCC(=O)NC2=O)C3=O)c1. The van der Waals surface area contributed by atoms with Gasteiger partial charge in [-0.15, -0.1) is 0 Å². The van der Waals surface area contributed by atoms with Crippen molar-refractivity contribution in [2.45, 2.75) is 90.4 Å². The van der Waals surface area contributed by atoms with Crippen molar-refractivity contribution in [3.63, 3.8) is 0 Å². The molecule has 0 bridgehead atoms. The smallest absolute Gasteiger partial charge is 0.408 e. The summed E-state index contributed by atoms with van der Waals surface area (Å²) in [6.07, 6.45) is 4.18. The zero-order valence-electron chi connectivity index (χ0n) is 28.6. The molecule has 12 heteroatoms. The van der Waals surface area contributed by atoms with E-state index in [-0.39, 0.29) is 24.3 Å². The van der Waals surface area contributed by atoms with Gasteiger partial charge in [-0.25, -0.2) is 4.79 Å². The Morgan fingerprint density at radius 1 is 0.958 bits per heavy atom. The molecular weight excluding hydrogens is 616 g/mol. The second kappa shape index (κ2) is 17.8. The number of imide groups is 1. The number of alkyl carbamates (subject to hydrolysis) is 1. The molecule has 0 radical (unpaired) electrons. The summed E-state index contributed by atoms with van der Waals surface area (Å²) < 4.78 is 22.6. The Morgan fingerprint density at radius 2 is 1.71 bits per heavy atom. The van der Waals surface area contributed by atoms with Crippen LogP contribution in [-0.2, 0) is 30.3 Å². The van der Waals surface area contributed by atoms with Crippen LogP contribution in [0.25, 0.3) is 0 Å². The van der Waals surface area contributed by atoms with E-state index >= 15 is 0 Å². The number of carbonyl (C=O) groups is 4. The van der Waals surface area contributed by atoms with Gasteiger partial charge in [0.2, 0.25) is 11.8 Å². The summed E-state index contributed by atoms with van der Waals surface area (Å²) in [4.78, 5) is 50.1. The summed E-state index contributed by atoms with van der Waals surface area (Å²) in [6.45, 7) is 11.3. The van der Waals surface area contributed by atoms with E-state index in [4.69, 9.17) is 18.9 Å². The molecule has 0 saturated carbocycles. The van der Waals surface area contributed by atoms with Crippen LogP contribution in [0.1, 0.15) is 93.7 Å². The Balaban J connectivity index is 0.985. The molecule has 2 unspecified atom stereocenters. The second-order valence-electron chi connectivity index (χ2n) is 13.1. The highest BCUT2D eigenvalue weighted by molar-refractivity contribution is 6.05. The molecular formula is C36H50N4O8. The van der Waals surface area contributed by atoms with Gasteiger partial charge in [-0.3, -0.25) is 19.7 Å². The van der Waals surface area contributed by atoms with Crippen molar-refractivity contribution in [1.29, 1.82) is 0 Å². The van der Waals surface area contributed by atoms with Crippen LogP contribution < -0.4 is 20.7 Å². The fourth-order valence-electron chi connectivity index (χ4n) is 5.57. The minimum Gasteiger partial charge on any atom is -0.494 e. The first kappa shape index (κ1) is 36.7. The van der Waals surface area contributed by atoms with Gasteiger partial charge in [0, 0.05) is 37.4 Å². The summed E-state index contributed by atoms with van der Waals surface area (Å²) in [5.41, 5.74) is 2.75. The number of carbonyl (C=O) groups excluding carboxylic acids is 4. The van der Waals surface area contributed by atoms with Gasteiger partial charge >= 0.3 is 6.09 Å². The number of ether oxygens (including phenoxy) is 4.